The van der Waals surface area contributed by atoms with Gasteiger partial charge in [0.15, 0.2) is 0 Å². The van der Waals surface area contributed by atoms with Gasteiger partial charge in [0.05, 0.1) is 19.3 Å². The molecule has 1 aromatic carbocycles. The Kier molecular flexibility index (Phi) is 6.39. The zero-order valence-electron chi connectivity index (χ0n) is 15.1. The Morgan fingerprint density at radius 2 is 1.86 bits per heavy atom. The molecule has 0 saturated carbocycles. The van der Waals surface area contributed by atoms with Crippen molar-refractivity contribution in [3.05, 3.63) is 47.8 Å². The minimum atomic E-state index is -4.37. The summed E-state index contributed by atoms with van der Waals surface area (Å²) < 4.78 is 84.4. The normalized spacial score (nSPS) is 15.1. The van der Waals surface area contributed by atoms with E-state index in [-0.39, 0.29) is 12.1 Å². The first-order valence-electron chi connectivity index (χ1n) is 8.15. The summed E-state index contributed by atoms with van der Waals surface area (Å²) in [5.74, 6) is -6.33. The van der Waals surface area contributed by atoms with Gasteiger partial charge in [0, 0.05) is 23.2 Å². The van der Waals surface area contributed by atoms with Crippen LogP contribution in [-0.4, -0.2) is 45.7 Å². The molecular formula is C17H19F6N3O2. The molecular weight excluding hydrogens is 392 g/mol. The van der Waals surface area contributed by atoms with E-state index in [4.69, 9.17) is 4.74 Å². The molecule has 0 aliphatic heterocycles. The average molecular weight is 411 g/mol. The summed E-state index contributed by atoms with van der Waals surface area (Å²) in [6.45, 7) is 0.147. The van der Waals surface area contributed by atoms with Crippen LogP contribution in [0.15, 0.2) is 30.6 Å². The number of rotatable bonds is 9. The Hall–Kier alpha value is -2.14. The van der Waals surface area contributed by atoms with E-state index in [9.17, 15) is 31.4 Å². The molecule has 1 heterocycles. The molecule has 0 radical (unpaired) electrons. The Labute approximate surface area is 156 Å². The van der Waals surface area contributed by atoms with Crippen molar-refractivity contribution >= 4 is 0 Å². The zero-order valence-corrected chi connectivity index (χ0v) is 15.1. The highest BCUT2D eigenvalue weighted by Crippen LogP contribution is 2.42. The summed E-state index contributed by atoms with van der Waals surface area (Å²) in [4.78, 5) is 0. The molecule has 2 rings (SSSR count). The molecule has 1 atom stereocenters. The molecule has 1 aromatic heterocycles. The van der Waals surface area contributed by atoms with E-state index in [0.29, 0.717) is 6.07 Å². The number of halogens is 6. The summed E-state index contributed by atoms with van der Waals surface area (Å²) >= 11 is 0. The zero-order chi connectivity index (χ0) is 21.2. The minimum Gasteiger partial charge on any atom is -0.382 e. The van der Waals surface area contributed by atoms with Gasteiger partial charge in [-0.25, -0.2) is 22.2 Å². The van der Waals surface area contributed by atoms with Crippen molar-refractivity contribution in [2.45, 2.75) is 38.3 Å². The molecule has 2 aromatic rings. The quantitative estimate of drug-likeness (QED) is 0.643. The first-order valence-corrected chi connectivity index (χ1v) is 8.15. The number of ether oxygens (including phenoxy) is 1. The van der Waals surface area contributed by atoms with Gasteiger partial charge in [-0.1, -0.05) is 25.1 Å². The van der Waals surface area contributed by atoms with Crippen molar-refractivity contribution in [3.8, 4) is 0 Å². The maximum Gasteiger partial charge on any atom is 0.330 e. The summed E-state index contributed by atoms with van der Waals surface area (Å²) in [6, 6.07) is 2.49. The Morgan fingerprint density at radius 3 is 2.39 bits per heavy atom. The number of hydrogen-bond acceptors (Lipinski definition) is 4. The van der Waals surface area contributed by atoms with Crippen LogP contribution in [0.4, 0.5) is 26.3 Å². The molecule has 0 saturated heterocycles. The smallest absolute Gasteiger partial charge is 0.330 e. The summed E-state index contributed by atoms with van der Waals surface area (Å²) in [5.41, 5.74) is -3.94. The van der Waals surface area contributed by atoms with Crippen LogP contribution in [0, 0.1) is 17.0 Å². The lowest BCUT2D eigenvalue weighted by molar-refractivity contribution is -0.186. The molecule has 0 amide bonds. The maximum atomic E-state index is 14.4. The van der Waals surface area contributed by atoms with Gasteiger partial charge < -0.3 is 9.84 Å². The molecule has 0 bridgehead atoms. The van der Waals surface area contributed by atoms with Crippen LogP contribution in [0.25, 0.3) is 0 Å². The fourth-order valence-corrected chi connectivity index (χ4v) is 2.66. The van der Waals surface area contributed by atoms with Crippen LogP contribution in [0.5, 0.6) is 0 Å². The highest BCUT2D eigenvalue weighted by Gasteiger charge is 2.48. The second kappa shape index (κ2) is 8.08. The van der Waals surface area contributed by atoms with E-state index in [0.717, 1.165) is 16.8 Å². The fourth-order valence-electron chi connectivity index (χ4n) is 2.66. The second-order valence-corrected chi connectivity index (χ2v) is 7.02. The predicted octanol–water partition coefficient (Wildman–Crippen LogP) is 3.39. The molecule has 11 heteroatoms. The van der Waals surface area contributed by atoms with Gasteiger partial charge in [-0.3, -0.25) is 0 Å². The Balaban J connectivity index is 2.34. The van der Waals surface area contributed by atoms with Crippen LogP contribution in [0.1, 0.15) is 19.4 Å². The third-order valence-electron chi connectivity index (χ3n) is 4.44. The summed E-state index contributed by atoms with van der Waals surface area (Å²) in [6.07, 6.45) is -1.25. The van der Waals surface area contributed by atoms with Gasteiger partial charge in [-0.2, -0.15) is 8.78 Å². The summed E-state index contributed by atoms with van der Waals surface area (Å²) in [7, 11) is 0. The molecule has 1 unspecified atom stereocenters. The number of alkyl halides is 4. The molecule has 0 aliphatic rings. The highest BCUT2D eigenvalue weighted by molar-refractivity contribution is 5.27. The highest BCUT2D eigenvalue weighted by atomic mass is 19.3. The summed E-state index contributed by atoms with van der Waals surface area (Å²) in [5, 5.41) is 18.6. The molecule has 0 spiro atoms. The number of aliphatic hydroxyl groups is 1. The average Bonchev–Trinajstić information content (AvgIpc) is 3.06. The van der Waals surface area contributed by atoms with E-state index < -0.39 is 48.2 Å². The van der Waals surface area contributed by atoms with Crippen LogP contribution in [0.3, 0.4) is 0 Å². The largest absolute Gasteiger partial charge is 0.382 e. The van der Waals surface area contributed by atoms with E-state index in [1.165, 1.54) is 26.2 Å². The maximum absolute atomic E-state index is 14.4. The molecule has 5 nitrogen and oxygen atoms in total. The van der Waals surface area contributed by atoms with E-state index in [2.05, 4.69) is 10.3 Å². The Bertz CT molecular complexity index is 785. The predicted molar refractivity (Wildman–Crippen MR) is 85.8 cm³/mol. The lowest BCUT2D eigenvalue weighted by Gasteiger charge is -2.43. The molecule has 156 valence electrons. The molecule has 0 fully saturated rings. The van der Waals surface area contributed by atoms with Crippen molar-refractivity contribution in [3.63, 3.8) is 0 Å². The SMILES string of the molecule is CC(C)(COCC(F)(F)C(F)F)C(O)(Cn1ccnn1)c1ccc(F)cc1F. The van der Waals surface area contributed by atoms with Gasteiger partial charge in [0.2, 0.25) is 0 Å². The van der Waals surface area contributed by atoms with E-state index >= 15 is 0 Å². The molecule has 0 aliphatic carbocycles. The minimum absolute atomic E-state index is 0.335. The molecule has 1 N–H and O–H groups in total. The lowest BCUT2D eigenvalue weighted by Crippen LogP contribution is -2.49. The van der Waals surface area contributed by atoms with Gasteiger partial charge >= 0.3 is 12.3 Å². The molecule has 28 heavy (non-hydrogen) atoms. The van der Waals surface area contributed by atoms with Gasteiger partial charge in [-0.15, -0.1) is 5.10 Å². The van der Waals surface area contributed by atoms with Crippen molar-refractivity contribution < 1.29 is 36.2 Å². The van der Waals surface area contributed by atoms with Gasteiger partial charge in [0.25, 0.3) is 0 Å². The van der Waals surface area contributed by atoms with Crippen LogP contribution >= 0.6 is 0 Å². The third kappa shape index (κ3) is 4.64. The fraction of sp³-hybridized carbons (Fsp3) is 0.529. The third-order valence-corrected chi connectivity index (χ3v) is 4.44. The van der Waals surface area contributed by atoms with Crippen molar-refractivity contribution in [2.75, 3.05) is 13.2 Å². The van der Waals surface area contributed by atoms with Crippen molar-refractivity contribution in [1.82, 2.24) is 15.0 Å². The van der Waals surface area contributed by atoms with Gasteiger partial charge in [-0.05, 0) is 6.07 Å². The monoisotopic (exact) mass is 411 g/mol. The van der Waals surface area contributed by atoms with Crippen LogP contribution in [0.2, 0.25) is 0 Å². The topological polar surface area (TPSA) is 60.2 Å². The van der Waals surface area contributed by atoms with Crippen LogP contribution in [-0.2, 0) is 16.9 Å². The number of hydrogen-bond donors (Lipinski definition) is 1. The number of benzene rings is 1. The lowest BCUT2D eigenvalue weighted by atomic mass is 9.71. The van der Waals surface area contributed by atoms with Gasteiger partial charge in [0.1, 0.15) is 23.8 Å². The van der Waals surface area contributed by atoms with Crippen molar-refractivity contribution in [2.24, 2.45) is 5.41 Å². The first-order chi connectivity index (χ1) is 12.9. The van der Waals surface area contributed by atoms with Crippen molar-refractivity contribution in [1.29, 1.82) is 0 Å². The van der Waals surface area contributed by atoms with E-state index in [1.807, 2.05) is 0 Å². The van der Waals surface area contributed by atoms with E-state index in [1.54, 1.807) is 0 Å². The standard InChI is InChI=1S/C17H19F6N3O2/c1-15(2,9-28-10-17(22,23)14(20)21)16(27,8-26-6-5-24-25-26)12-4-3-11(18)7-13(12)19/h3-7,14,27H,8-10H2,1-2H3. The van der Waals surface area contributed by atoms with Crippen LogP contribution < -0.4 is 0 Å². The number of nitrogens with zero attached hydrogens (tertiary/aromatic N) is 3. The number of aromatic nitrogens is 3. The second-order valence-electron chi connectivity index (χ2n) is 7.02. The Morgan fingerprint density at radius 1 is 1.18 bits per heavy atom. The first kappa shape index (κ1) is 22.2.